The Morgan fingerprint density at radius 2 is 1.17 bits per heavy atom. The summed E-state index contributed by atoms with van der Waals surface area (Å²) >= 11 is 0. The molecule has 0 aromatic rings. The van der Waals surface area contributed by atoms with Gasteiger partial charge in [-0.15, -0.1) is 0 Å². The number of hydrogen-bond donors (Lipinski definition) is 0. The molecule has 0 heterocycles. The van der Waals surface area contributed by atoms with Gasteiger partial charge in [-0.25, -0.2) is 0 Å². The Hall–Kier alpha value is -1.46. The van der Waals surface area contributed by atoms with Crippen molar-refractivity contribution in [2.75, 3.05) is 0 Å². The topological polar surface area (TPSA) is 82.0 Å². The van der Waals surface area contributed by atoms with E-state index in [1.807, 2.05) is 6.92 Å². The van der Waals surface area contributed by atoms with Crippen molar-refractivity contribution in [3.8, 4) is 0 Å². The molecule has 0 spiro atoms. The first kappa shape index (κ1) is 21.5. The molecule has 0 rings (SSSR count). The Morgan fingerprint density at radius 3 is 1.39 bits per heavy atom. The fourth-order valence-electron chi connectivity index (χ4n) is 2.09. The molecule has 23 heavy (non-hydrogen) atoms. The highest BCUT2D eigenvalue weighted by Gasteiger charge is 2.32. The number of ether oxygens (including phenoxy) is 2. The molecule has 6 nitrogen and oxygen atoms in total. The van der Waals surface area contributed by atoms with Gasteiger partial charge in [0.25, 0.3) is 0 Å². The molecule has 0 aromatic heterocycles. The second kappa shape index (κ2) is 8.41. The predicted molar refractivity (Wildman–Crippen MR) is 89.0 cm³/mol. The first-order chi connectivity index (χ1) is 10.3. The van der Waals surface area contributed by atoms with Crippen LogP contribution in [-0.4, -0.2) is 28.7 Å². The summed E-state index contributed by atoms with van der Waals surface area (Å²) in [4.78, 5) is 34.9. The van der Waals surface area contributed by atoms with Gasteiger partial charge in [0.1, 0.15) is 16.7 Å². The summed E-state index contributed by atoms with van der Waals surface area (Å²) < 4.78 is 10.5. The van der Waals surface area contributed by atoms with E-state index in [4.69, 9.17) is 9.47 Å². The second-order valence-electron chi connectivity index (χ2n) is 7.84. The molecule has 0 aliphatic carbocycles. The quantitative estimate of drug-likeness (QED) is 0.493. The monoisotopic (exact) mass is 329 g/mol. The number of rotatable bonds is 8. The maximum absolute atomic E-state index is 11.8. The third kappa shape index (κ3) is 10.0. The zero-order chi connectivity index (χ0) is 18.3. The van der Waals surface area contributed by atoms with E-state index in [2.05, 4.69) is 5.18 Å². The van der Waals surface area contributed by atoms with E-state index in [0.717, 1.165) is 0 Å². The summed E-state index contributed by atoms with van der Waals surface area (Å²) in [7, 11) is 0. The van der Waals surface area contributed by atoms with Gasteiger partial charge in [0.2, 0.25) is 0 Å². The van der Waals surface area contributed by atoms with Gasteiger partial charge in [-0.1, -0.05) is 12.1 Å². The van der Waals surface area contributed by atoms with Crippen molar-refractivity contribution in [2.45, 2.75) is 97.3 Å². The van der Waals surface area contributed by atoms with Crippen LogP contribution in [0, 0.1) is 4.91 Å². The predicted octanol–water partition coefficient (Wildman–Crippen LogP) is 4.15. The Kier molecular flexibility index (Phi) is 7.87. The van der Waals surface area contributed by atoms with E-state index in [9.17, 15) is 14.5 Å². The van der Waals surface area contributed by atoms with Crippen molar-refractivity contribution >= 4 is 11.9 Å². The standard InChI is InChI=1S/C17H31NO5/c1-8-17(18-21,11-9-13(19)22-15(2,3)4)12-10-14(20)23-16(5,6)7/h8-12H2,1-7H3. The number of nitrogens with zero attached hydrogens (tertiary/aromatic N) is 1. The minimum Gasteiger partial charge on any atom is -0.460 e. The minimum absolute atomic E-state index is 0.102. The number of nitroso groups, excluding NO2 is 1. The number of esters is 2. The lowest BCUT2D eigenvalue weighted by Gasteiger charge is -2.26. The molecule has 134 valence electrons. The highest BCUT2D eigenvalue weighted by atomic mass is 16.6. The van der Waals surface area contributed by atoms with Crippen LogP contribution in [0.15, 0.2) is 5.18 Å². The van der Waals surface area contributed by atoms with Crippen LogP contribution in [0.1, 0.15) is 80.6 Å². The summed E-state index contributed by atoms with van der Waals surface area (Å²) in [5, 5.41) is 3.21. The van der Waals surface area contributed by atoms with Crippen LogP contribution in [0.25, 0.3) is 0 Å². The van der Waals surface area contributed by atoms with Crippen LogP contribution in [0.4, 0.5) is 0 Å². The van der Waals surface area contributed by atoms with Crippen molar-refractivity contribution in [3.63, 3.8) is 0 Å². The smallest absolute Gasteiger partial charge is 0.306 e. The molecule has 0 atom stereocenters. The van der Waals surface area contributed by atoms with Crippen molar-refractivity contribution in [3.05, 3.63) is 4.91 Å². The molecule has 0 saturated carbocycles. The average molecular weight is 329 g/mol. The molecule has 0 N–H and O–H groups in total. The average Bonchev–Trinajstić information content (AvgIpc) is 2.36. The molecule has 0 fully saturated rings. The van der Waals surface area contributed by atoms with Gasteiger partial charge in [0, 0.05) is 12.8 Å². The van der Waals surface area contributed by atoms with Crippen LogP contribution >= 0.6 is 0 Å². The van der Waals surface area contributed by atoms with Gasteiger partial charge in [0.15, 0.2) is 0 Å². The van der Waals surface area contributed by atoms with Crippen molar-refractivity contribution in [1.82, 2.24) is 0 Å². The van der Waals surface area contributed by atoms with E-state index >= 15 is 0 Å². The van der Waals surface area contributed by atoms with E-state index in [0.29, 0.717) is 6.42 Å². The molecular formula is C17H31NO5. The van der Waals surface area contributed by atoms with Crippen LogP contribution < -0.4 is 0 Å². The third-order valence-electron chi connectivity index (χ3n) is 3.28. The lowest BCUT2D eigenvalue weighted by atomic mass is 9.86. The molecule has 0 radical (unpaired) electrons. The van der Waals surface area contributed by atoms with Crippen LogP contribution in [0.3, 0.4) is 0 Å². The summed E-state index contributed by atoms with van der Waals surface area (Å²) in [6.07, 6.45) is 1.20. The summed E-state index contributed by atoms with van der Waals surface area (Å²) in [5.74, 6) is -0.729. The summed E-state index contributed by atoms with van der Waals surface area (Å²) in [5.41, 5.74) is -2.05. The number of carbonyl (C=O) groups is 2. The normalized spacial score (nSPS) is 12.7. The van der Waals surface area contributed by atoms with E-state index in [-0.39, 0.29) is 37.6 Å². The van der Waals surface area contributed by atoms with Crippen molar-refractivity contribution < 1.29 is 19.1 Å². The second-order valence-corrected chi connectivity index (χ2v) is 7.84. The summed E-state index contributed by atoms with van der Waals surface area (Å²) in [6.45, 7) is 12.6. The third-order valence-corrected chi connectivity index (χ3v) is 3.28. The van der Waals surface area contributed by atoms with Gasteiger partial charge >= 0.3 is 11.9 Å². The zero-order valence-corrected chi connectivity index (χ0v) is 15.5. The van der Waals surface area contributed by atoms with Gasteiger partial charge in [-0.05, 0) is 60.8 Å². The molecule has 0 amide bonds. The number of hydrogen-bond acceptors (Lipinski definition) is 6. The van der Waals surface area contributed by atoms with E-state index in [1.54, 1.807) is 41.5 Å². The van der Waals surface area contributed by atoms with E-state index in [1.165, 1.54) is 0 Å². The molecule has 0 saturated heterocycles. The van der Waals surface area contributed by atoms with Crippen molar-refractivity contribution in [2.24, 2.45) is 5.18 Å². The van der Waals surface area contributed by atoms with Crippen LogP contribution in [-0.2, 0) is 19.1 Å². The number of carbonyl (C=O) groups excluding carboxylic acids is 2. The molecular weight excluding hydrogens is 298 g/mol. The van der Waals surface area contributed by atoms with Crippen LogP contribution in [0.2, 0.25) is 0 Å². The first-order valence-electron chi connectivity index (χ1n) is 8.11. The molecule has 0 aliphatic rings. The van der Waals surface area contributed by atoms with Crippen LogP contribution in [0.5, 0.6) is 0 Å². The van der Waals surface area contributed by atoms with Gasteiger partial charge in [-0.3, -0.25) is 9.59 Å². The Bertz CT molecular complexity index is 386. The lowest BCUT2D eigenvalue weighted by molar-refractivity contribution is -0.155. The minimum atomic E-state index is -0.937. The fourth-order valence-corrected chi connectivity index (χ4v) is 2.09. The molecule has 0 aromatic carbocycles. The first-order valence-corrected chi connectivity index (χ1v) is 8.11. The Labute approximate surface area is 139 Å². The highest BCUT2D eigenvalue weighted by Crippen LogP contribution is 2.29. The summed E-state index contributed by atoms with van der Waals surface area (Å²) in [6, 6.07) is 0. The highest BCUT2D eigenvalue weighted by molar-refractivity contribution is 5.70. The Balaban J connectivity index is 4.60. The maximum atomic E-state index is 11.8. The largest absolute Gasteiger partial charge is 0.460 e. The van der Waals surface area contributed by atoms with Crippen molar-refractivity contribution in [1.29, 1.82) is 0 Å². The fraction of sp³-hybridized carbons (Fsp3) is 0.882. The maximum Gasteiger partial charge on any atom is 0.306 e. The molecule has 0 bridgehead atoms. The van der Waals surface area contributed by atoms with Gasteiger partial charge in [0.05, 0.1) is 0 Å². The zero-order valence-electron chi connectivity index (χ0n) is 15.5. The molecule has 0 unspecified atom stereocenters. The molecule has 0 aliphatic heterocycles. The SMILES string of the molecule is CCC(CCC(=O)OC(C)(C)C)(CCC(=O)OC(C)(C)C)N=O. The van der Waals surface area contributed by atoms with Gasteiger partial charge in [-0.2, -0.15) is 4.91 Å². The lowest BCUT2D eigenvalue weighted by Crippen LogP contribution is -2.31. The van der Waals surface area contributed by atoms with E-state index < -0.39 is 16.7 Å². The van der Waals surface area contributed by atoms with Gasteiger partial charge < -0.3 is 9.47 Å². The Morgan fingerprint density at radius 1 is 0.826 bits per heavy atom. The molecule has 6 heteroatoms.